The average Bonchev–Trinajstić information content (AvgIpc) is 2.83. The second kappa shape index (κ2) is 10.8. The molecule has 1 aromatic heterocycles. The Morgan fingerprint density at radius 1 is 1.03 bits per heavy atom. The topological polar surface area (TPSA) is 79.4 Å². The molecule has 0 aliphatic carbocycles. The van der Waals surface area contributed by atoms with E-state index in [1.807, 2.05) is 67.6 Å². The van der Waals surface area contributed by atoms with Crippen molar-refractivity contribution in [2.75, 3.05) is 44.7 Å². The quantitative estimate of drug-likeness (QED) is 0.530. The predicted octanol–water partition coefficient (Wildman–Crippen LogP) is 3.65. The molecule has 1 amide bonds. The van der Waals surface area contributed by atoms with Crippen LogP contribution in [0, 0.1) is 6.92 Å². The Bertz CT molecular complexity index is 1040. The highest BCUT2D eigenvalue weighted by molar-refractivity contribution is 5.95. The maximum Gasteiger partial charge on any atom is 0.251 e. The van der Waals surface area contributed by atoms with Crippen LogP contribution in [0.4, 0.5) is 11.5 Å². The molecule has 0 spiro atoms. The zero-order chi connectivity index (χ0) is 22.2. The normalized spacial score (nSPS) is 14.2. The van der Waals surface area contributed by atoms with Crippen molar-refractivity contribution in [2.45, 2.75) is 13.3 Å². The maximum absolute atomic E-state index is 12.6. The van der Waals surface area contributed by atoms with Crippen LogP contribution in [0.3, 0.4) is 0 Å². The summed E-state index contributed by atoms with van der Waals surface area (Å²) in [5.41, 5.74) is 3.32. The number of aromatic nitrogens is 2. The van der Waals surface area contributed by atoms with Crippen LogP contribution in [0.5, 0.6) is 0 Å². The van der Waals surface area contributed by atoms with Gasteiger partial charge in [0.15, 0.2) is 0 Å². The predicted molar refractivity (Wildman–Crippen MR) is 126 cm³/mol. The van der Waals surface area contributed by atoms with Gasteiger partial charge in [-0.25, -0.2) is 9.97 Å². The van der Waals surface area contributed by atoms with E-state index in [2.05, 4.69) is 25.5 Å². The summed E-state index contributed by atoms with van der Waals surface area (Å²) in [5, 5.41) is 6.33. The molecular weight excluding hydrogens is 402 g/mol. The summed E-state index contributed by atoms with van der Waals surface area (Å²) in [6, 6.07) is 19.4. The largest absolute Gasteiger partial charge is 0.379 e. The molecular formula is C25H29N5O2. The van der Waals surface area contributed by atoms with E-state index in [-0.39, 0.29) is 5.91 Å². The zero-order valence-corrected chi connectivity index (χ0v) is 18.4. The average molecular weight is 432 g/mol. The van der Waals surface area contributed by atoms with Gasteiger partial charge in [-0.05, 0) is 38.1 Å². The van der Waals surface area contributed by atoms with Crippen LogP contribution in [0.1, 0.15) is 22.6 Å². The van der Waals surface area contributed by atoms with Gasteiger partial charge in [-0.15, -0.1) is 0 Å². The third-order valence-corrected chi connectivity index (χ3v) is 5.35. The first-order valence-corrected chi connectivity index (χ1v) is 11.0. The molecule has 2 aromatic carbocycles. The standard InChI is InChI=1S/C25H29N5O2/c1-19-27-23(20-7-3-2-4-8-20)18-24(28-19)29-22-10-5-9-21(17-22)25(31)26-11-6-12-30-13-15-32-16-14-30/h2-5,7-10,17-18H,6,11-16H2,1H3,(H,26,31)(H,27,28,29). The molecule has 0 saturated carbocycles. The minimum absolute atomic E-state index is 0.0699. The summed E-state index contributed by atoms with van der Waals surface area (Å²) >= 11 is 0. The van der Waals surface area contributed by atoms with Crippen LogP contribution in [-0.4, -0.2) is 60.2 Å². The summed E-state index contributed by atoms with van der Waals surface area (Å²) < 4.78 is 5.37. The van der Waals surface area contributed by atoms with Gasteiger partial charge in [0.1, 0.15) is 11.6 Å². The molecule has 7 heteroatoms. The molecule has 3 aromatic rings. The molecule has 0 atom stereocenters. The molecule has 2 N–H and O–H groups in total. The van der Waals surface area contributed by atoms with Crippen LogP contribution in [-0.2, 0) is 4.74 Å². The number of aryl methyl sites for hydroxylation is 1. The highest BCUT2D eigenvalue weighted by Crippen LogP contribution is 2.22. The van der Waals surface area contributed by atoms with Gasteiger partial charge in [-0.3, -0.25) is 9.69 Å². The van der Waals surface area contributed by atoms with Crippen LogP contribution < -0.4 is 10.6 Å². The van der Waals surface area contributed by atoms with Gasteiger partial charge in [0.2, 0.25) is 0 Å². The monoisotopic (exact) mass is 431 g/mol. The number of anilines is 2. The number of ether oxygens (including phenoxy) is 1. The van der Waals surface area contributed by atoms with Gasteiger partial charge >= 0.3 is 0 Å². The fourth-order valence-electron chi connectivity index (χ4n) is 3.71. The van der Waals surface area contributed by atoms with E-state index >= 15 is 0 Å². The summed E-state index contributed by atoms with van der Waals surface area (Å²) in [4.78, 5) is 24.0. The molecule has 0 bridgehead atoms. The number of nitrogens with one attached hydrogen (secondary N) is 2. The van der Waals surface area contributed by atoms with Gasteiger partial charge in [-0.2, -0.15) is 0 Å². The van der Waals surface area contributed by atoms with Gasteiger partial charge in [0, 0.05) is 42.5 Å². The van der Waals surface area contributed by atoms with Crippen molar-refractivity contribution in [3.8, 4) is 11.3 Å². The lowest BCUT2D eigenvalue weighted by Crippen LogP contribution is -2.38. The Labute approximate surface area is 188 Å². The molecule has 166 valence electrons. The van der Waals surface area contributed by atoms with Crippen molar-refractivity contribution in [1.29, 1.82) is 0 Å². The second-order valence-corrected chi connectivity index (χ2v) is 7.82. The van der Waals surface area contributed by atoms with Crippen molar-refractivity contribution >= 4 is 17.4 Å². The highest BCUT2D eigenvalue weighted by Gasteiger charge is 2.11. The minimum atomic E-state index is -0.0699. The van der Waals surface area contributed by atoms with E-state index < -0.39 is 0 Å². The Balaban J connectivity index is 1.35. The van der Waals surface area contributed by atoms with Crippen LogP contribution in [0.25, 0.3) is 11.3 Å². The Hall–Kier alpha value is -3.29. The first-order valence-electron chi connectivity index (χ1n) is 11.0. The minimum Gasteiger partial charge on any atom is -0.379 e. The smallest absolute Gasteiger partial charge is 0.251 e. The SMILES string of the molecule is Cc1nc(Nc2cccc(C(=O)NCCCN3CCOCC3)c2)cc(-c2ccccc2)n1. The molecule has 0 radical (unpaired) electrons. The van der Waals surface area contributed by atoms with E-state index in [1.165, 1.54) is 0 Å². The first-order chi connectivity index (χ1) is 15.7. The number of rotatable bonds is 8. The number of hydrogen-bond donors (Lipinski definition) is 2. The summed E-state index contributed by atoms with van der Waals surface area (Å²) in [7, 11) is 0. The van der Waals surface area contributed by atoms with Crippen molar-refractivity contribution in [3.63, 3.8) is 0 Å². The van der Waals surface area contributed by atoms with Gasteiger partial charge in [0.05, 0.1) is 18.9 Å². The lowest BCUT2D eigenvalue weighted by molar-refractivity contribution is 0.0374. The molecule has 2 heterocycles. The molecule has 1 aliphatic rings. The zero-order valence-electron chi connectivity index (χ0n) is 18.4. The van der Waals surface area contributed by atoms with Crippen LogP contribution in [0.15, 0.2) is 60.7 Å². The van der Waals surface area contributed by atoms with E-state index in [4.69, 9.17) is 4.74 Å². The Morgan fingerprint density at radius 3 is 2.66 bits per heavy atom. The van der Waals surface area contributed by atoms with E-state index in [0.717, 1.165) is 56.2 Å². The molecule has 32 heavy (non-hydrogen) atoms. The van der Waals surface area contributed by atoms with E-state index in [1.54, 1.807) is 0 Å². The summed E-state index contributed by atoms with van der Waals surface area (Å²) in [6.07, 6.45) is 0.923. The number of benzene rings is 2. The van der Waals surface area contributed by atoms with Gasteiger partial charge in [0.25, 0.3) is 5.91 Å². The lowest BCUT2D eigenvalue weighted by Gasteiger charge is -2.26. The second-order valence-electron chi connectivity index (χ2n) is 7.82. The number of hydrogen-bond acceptors (Lipinski definition) is 6. The van der Waals surface area contributed by atoms with Crippen molar-refractivity contribution in [3.05, 3.63) is 72.1 Å². The number of carbonyl (C=O) groups is 1. The Morgan fingerprint density at radius 2 is 1.84 bits per heavy atom. The lowest BCUT2D eigenvalue weighted by atomic mass is 10.1. The molecule has 1 aliphatic heterocycles. The van der Waals surface area contributed by atoms with E-state index in [9.17, 15) is 4.79 Å². The number of morpholine rings is 1. The number of carbonyl (C=O) groups excluding carboxylic acids is 1. The van der Waals surface area contributed by atoms with Crippen molar-refractivity contribution in [1.82, 2.24) is 20.2 Å². The summed E-state index contributed by atoms with van der Waals surface area (Å²) in [6.45, 7) is 7.03. The van der Waals surface area contributed by atoms with Crippen molar-refractivity contribution in [2.24, 2.45) is 0 Å². The molecule has 7 nitrogen and oxygen atoms in total. The van der Waals surface area contributed by atoms with Crippen molar-refractivity contribution < 1.29 is 9.53 Å². The van der Waals surface area contributed by atoms with E-state index in [0.29, 0.717) is 23.8 Å². The molecule has 0 unspecified atom stereocenters. The third kappa shape index (κ3) is 6.12. The van der Waals surface area contributed by atoms with Crippen LogP contribution in [0.2, 0.25) is 0 Å². The first kappa shape index (κ1) is 21.9. The number of amides is 1. The molecule has 1 fully saturated rings. The van der Waals surface area contributed by atoms with Crippen LogP contribution >= 0.6 is 0 Å². The number of nitrogens with zero attached hydrogens (tertiary/aromatic N) is 3. The fourth-order valence-corrected chi connectivity index (χ4v) is 3.71. The van der Waals surface area contributed by atoms with Gasteiger partial charge < -0.3 is 15.4 Å². The summed E-state index contributed by atoms with van der Waals surface area (Å²) in [5.74, 6) is 1.31. The third-order valence-electron chi connectivity index (χ3n) is 5.35. The Kier molecular flexibility index (Phi) is 7.42. The highest BCUT2D eigenvalue weighted by atomic mass is 16.5. The fraction of sp³-hybridized carbons (Fsp3) is 0.320. The molecule has 1 saturated heterocycles. The maximum atomic E-state index is 12.6. The molecule has 4 rings (SSSR count). The van der Waals surface area contributed by atoms with Gasteiger partial charge in [-0.1, -0.05) is 36.4 Å².